The SMILES string of the molecule is CCN1CCN(c2nc(-c3ccc(CCCOC)cc3)cc3ccccc23)CC1. The number of fused-ring (bicyclic) bond motifs is 1. The third-order valence-electron chi connectivity index (χ3n) is 5.90. The van der Waals surface area contributed by atoms with Crippen molar-refractivity contribution in [3.05, 3.63) is 60.2 Å². The van der Waals surface area contributed by atoms with Crippen LogP contribution in [-0.2, 0) is 11.2 Å². The van der Waals surface area contributed by atoms with E-state index in [1.807, 2.05) is 0 Å². The number of nitrogens with zero attached hydrogens (tertiary/aromatic N) is 3. The third kappa shape index (κ3) is 4.60. The van der Waals surface area contributed by atoms with Crippen LogP contribution in [0, 0.1) is 0 Å². The van der Waals surface area contributed by atoms with Crippen LogP contribution < -0.4 is 4.90 Å². The average molecular weight is 390 g/mol. The number of anilines is 1. The summed E-state index contributed by atoms with van der Waals surface area (Å²) in [6.07, 6.45) is 2.10. The first kappa shape index (κ1) is 19.9. The van der Waals surface area contributed by atoms with Crippen LogP contribution in [0.1, 0.15) is 18.9 Å². The molecule has 2 aromatic carbocycles. The van der Waals surface area contributed by atoms with Crippen molar-refractivity contribution >= 4 is 16.6 Å². The van der Waals surface area contributed by atoms with Crippen LogP contribution in [0.2, 0.25) is 0 Å². The fourth-order valence-corrected chi connectivity index (χ4v) is 4.11. The van der Waals surface area contributed by atoms with E-state index >= 15 is 0 Å². The van der Waals surface area contributed by atoms with Gasteiger partial charge in [-0.3, -0.25) is 0 Å². The van der Waals surface area contributed by atoms with Crippen LogP contribution in [0.4, 0.5) is 5.82 Å². The second-order valence-corrected chi connectivity index (χ2v) is 7.77. The molecule has 1 aromatic heterocycles. The van der Waals surface area contributed by atoms with E-state index in [0.717, 1.165) is 63.7 Å². The number of methoxy groups -OCH3 is 1. The summed E-state index contributed by atoms with van der Waals surface area (Å²) in [5, 5.41) is 2.51. The molecule has 0 bridgehead atoms. The van der Waals surface area contributed by atoms with Crippen molar-refractivity contribution in [2.75, 3.05) is 51.3 Å². The monoisotopic (exact) mass is 389 g/mol. The smallest absolute Gasteiger partial charge is 0.137 e. The van der Waals surface area contributed by atoms with Crippen LogP contribution in [-0.4, -0.2) is 56.3 Å². The molecule has 2 heterocycles. The number of aryl methyl sites for hydroxylation is 1. The summed E-state index contributed by atoms with van der Waals surface area (Å²) in [7, 11) is 1.76. The Bertz CT molecular complexity index is 930. The van der Waals surface area contributed by atoms with Gasteiger partial charge in [0.25, 0.3) is 0 Å². The maximum Gasteiger partial charge on any atom is 0.137 e. The number of benzene rings is 2. The van der Waals surface area contributed by atoms with E-state index in [1.165, 1.54) is 21.9 Å². The summed E-state index contributed by atoms with van der Waals surface area (Å²) in [4.78, 5) is 10.1. The fraction of sp³-hybridized carbons (Fsp3) is 0.400. The van der Waals surface area contributed by atoms with Gasteiger partial charge in [-0.15, -0.1) is 0 Å². The molecule has 3 aromatic rings. The molecule has 1 fully saturated rings. The molecule has 0 spiro atoms. The standard InChI is InChI=1S/C25H31N3O/c1-3-27-14-16-28(17-15-27)25-23-9-5-4-8-22(23)19-24(26-25)21-12-10-20(11-13-21)7-6-18-29-2/h4-5,8-13,19H,3,6-7,14-18H2,1-2H3. The van der Waals surface area contributed by atoms with Gasteiger partial charge in [0, 0.05) is 50.8 Å². The lowest BCUT2D eigenvalue weighted by atomic mass is 10.0. The molecule has 0 atom stereocenters. The van der Waals surface area contributed by atoms with Crippen molar-refractivity contribution in [2.24, 2.45) is 0 Å². The van der Waals surface area contributed by atoms with Gasteiger partial charge in [-0.05, 0) is 36.4 Å². The summed E-state index contributed by atoms with van der Waals surface area (Å²) in [6, 6.07) is 19.7. The Kier molecular flexibility index (Phi) is 6.43. The average Bonchev–Trinajstić information content (AvgIpc) is 2.79. The maximum absolute atomic E-state index is 5.16. The van der Waals surface area contributed by atoms with E-state index in [1.54, 1.807) is 7.11 Å². The van der Waals surface area contributed by atoms with Gasteiger partial charge in [0.1, 0.15) is 5.82 Å². The van der Waals surface area contributed by atoms with Gasteiger partial charge >= 0.3 is 0 Å². The summed E-state index contributed by atoms with van der Waals surface area (Å²) >= 11 is 0. The van der Waals surface area contributed by atoms with E-state index in [2.05, 4.69) is 71.3 Å². The van der Waals surface area contributed by atoms with Crippen molar-refractivity contribution in [2.45, 2.75) is 19.8 Å². The highest BCUT2D eigenvalue weighted by molar-refractivity contribution is 5.95. The molecule has 0 N–H and O–H groups in total. The van der Waals surface area contributed by atoms with Crippen molar-refractivity contribution in [3.8, 4) is 11.3 Å². The predicted octanol–water partition coefficient (Wildman–Crippen LogP) is 4.62. The van der Waals surface area contributed by atoms with Gasteiger partial charge in [-0.2, -0.15) is 0 Å². The maximum atomic E-state index is 5.16. The first-order chi connectivity index (χ1) is 14.3. The Hall–Kier alpha value is -2.43. The highest BCUT2D eigenvalue weighted by atomic mass is 16.5. The molecule has 1 aliphatic heterocycles. The molecule has 1 aliphatic rings. The minimum Gasteiger partial charge on any atom is -0.385 e. The number of hydrogen-bond acceptors (Lipinski definition) is 4. The van der Waals surface area contributed by atoms with Crippen LogP contribution in [0.5, 0.6) is 0 Å². The van der Waals surface area contributed by atoms with Gasteiger partial charge in [0.15, 0.2) is 0 Å². The molecule has 4 heteroatoms. The van der Waals surface area contributed by atoms with Crippen LogP contribution >= 0.6 is 0 Å². The molecule has 4 rings (SSSR count). The highest BCUT2D eigenvalue weighted by Gasteiger charge is 2.19. The number of pyridine rings is 1. The van der Waals surface area contributed by atoms with E-state index < -0.39 is 0 Å². The second kappa shape index (κ2) is 9.38. The van der Waals surface area contributed by atoms with Crippen molar-refractivity contribution in [1.82, 2.24) is 9.88 Å². The molecule has 0 amide bonds. The van der Waals surface area contributed by atoms with E-state index in [9.17, 15) is 0 Å². The molecular formula is C25H31N3O. The summed E-state index contributed by atoms with van der Waals surface area (Å²) < 4.78 is 5.16. The zero-order valence-corrected chi connectivity index (χ0v) is 17.6. The van der Waals surface area contributed by atoms with E-state index in [-0.39, 0.29) is 0 Å². The summed E-state index contributed by atoms with van der Waals surface area (Å²) in [5.41, 5.74) is 3.59. The van der Waals surface area contributed by atoms with Crippen molar-refractivity contribution < 1.29 is 4.74 Å². The quantitative estimate of drug-likeness (QED) is 0.551. The largest absolute Gasteiger partial charge is 0.385 e. The topological polar surface area (TPSA) is 28.6 Å². The molecule has 0 radical (unpaired) electrons. The van der Waals surface area contributed by atoms with Crippen molar-refractivity contribution in [1.29, 1.82) is 0 Å². The molecule has 152 valence electrons. The minimum atomic E-state index is 0.808. The minimum absolute atomic E-state index is 0.808. The third-order valence-corrected chi connectivity index (χ3v) is 5.90. The van der Waals surface area contributed by atoms with Gasteiger partial charge in [-0.1, -0.05) is 55.5 Å². The van der Waals surface area contributed by atoms with E-state index in [0.29, 0.717) is 0 Å². The predicted molar refractivity (Wildman–Crippen MR) is 122 cm³/mol. The summed E-state index contributed by atoms with van der Waals surface area (Å²) in [5.74, 6) is 1.12. The fourth-order valence-electron chi connectivity index (χ4n) is 4.11. The van der Waals surface area contributed by atoms with Gasteiger partial charge in [-0.25, -0.2) is 4.98 Å². The first-order valence-corrected chi connectivity index (χ1v) is 10.7. The number of rotatable bonds is 7. The zero-order valence-electron chi connectivity index (χ0n) is 17.6. The van der Waals surface area contributed by atoms with Gasteiger partial charge in [0.05, 0.1) is 5.69 Å². The van der Waals surface area contributed by atoms with Crippen LogP contribution in [0.15, 0.2) is 54.6 Å². The second-order valence-electron chi connectivity index (χ2n) is 7.77. The Morgan fingerprint density at radius 3 is 2.45 bits per heavy atom. The number of hydrogen-bond donors (Lipinski definition) is 0. The molecule has 0 unspecified atom stereocenters. The molecule has 29 heavy (non-hydrogen) atoms. The molecular weight excluding hydrogens is 358 g/mol. The van der Waals surface area contributed by atoms with Crippen LogP contribution in [0.25, 0.3) is 22.0 Å². The lowest BCUT2D eigenvalue weighted by Crippen LogP contribution is -2.46. The Labute approximate surface area is 174 Å². The number of likely N-dealkylation sites (N-methyl/N-ethyl adjacent to an activating group) is 1. The number of ether oxygens (including phenoxy) is 1. The zero-order chi connectivity index (χ0) is 20.1. The molecule has 4 nitrogen and oxygen atoms in total. The number of aromatic nitrogens is 1. The van der Waals surface area contributed by atoms with Crippen LogP contribution in [0.3, 0.4) is 0 Å². The normalized spacial score (nSPS) is 15.2. The molecule has 1 saturated heterocycles. The van der Waals surface area contributed by atoms with Gasteiger partial charge < -0.3 is 14.5 Å². The lowest BCUT2D eigenvalue weighted by molar-refractivity contribution is 0.195. The molecule has 0 saturated carbocycles. The Morgan fingerprint density at radius 2 is 1.72 bits per heavy atom. The number of piperazine rings is 1. The lowest BCUT2D eigenvalue weighted by Gasteiger charge is -2.35. The van der Waals surface area contributed by atoms with Gasteiger partial charge in [0.2, 0.25) is 0 Å². The highest BCUT2D eigenvalue weighted by Crippen LogP contribution is 2.30. The van der Waals surface area contributed by atoms with E-state index in [4.69, 9.17) is 9.72 Å². The Balaban J connectivity index is 1.63. The van der Waals surface area contributed by atoms with Crippen molar-refractivity contribution in [3.63, 3.8) is 0 Å². The first-order valence-electron chi connectivity index (χ1n) is 10.7. The molecule has 0 aliphatic carbocycles. The summed E-state index contributed by atoms with van der Waals surface area (Å²) in [6.45, 7) is 8.45. The Morgan fingerprint density at radius 1 is 0.966 bits per heavy atom.